The van der Waals surface area contributed by atoms with E-state index in [9.17, 15) is 9.59 Å². The third kappa shape index (κ3) is 3.39. The van der Waals surface area contributed by atoms with Crippen LogP contribution >= 0.6 is 0 Å². The SMILES string of the molecule is Cc1cccc2c(C3CCN(CCCn4cnc5c4c(=O)n(C)c(=O)n5C)CC3)c[nH]c12. The second kappa shape index (κ2) is 8.09. The Morgan fingerprint density at radius 3 is 2.66 bits per heavy atom. The number of hydrogen-bond donors (Lipinski definition) is 1. The predicted octanol–water partition coefficient (Wildman–Crippen LogP) is 2.49. The number of nitrogens with one attached hydrogen (secondary N) is 1. The van der Waals surface area contributed by atoms with Gasteiger partial charge >= 0.3 is 5.69 Å². The van der Waals surface area contributed by atoms with Gasteiger partial charge < -0.3 is 14.5 Å². The molecule has 0 spiro atoms. The molecule has 32 heavy (non-hydrogen) atoms. The van der Waals surface area contributed by atoms with Crippen molar-refractivity contribution in [1.82, 2.24) is 28.6 Å². The van der Waals surface area contributed by atoms with Gasteiger partial charge in [-0.05, 0) is 62.9 Å². The number of benzene rings is 1. The second-order valence-electron chi connectivity index (χ2n) is 9.03. The third-order valence-electron chi connectivity index (χ3n) is 7.07. The third-order valence-corrected chi connectivity index (χ3v) is 7.07. The van der Waals surface area contributed by atoms with Crippen molar-refractivity contribution >= 4 is 22.1 Å². The highest BCUT2D eigenvalue weighted by molar-refractivity contribution is 5.86. The first kappa shape index (κ1) is 20.8. The largest absolute Gasteiger partial charge is 0.361 e. The summed E-state index contributed by atoms with van der Waals surface area (Å²) in [5, 5.41) is 1.37. The van der Waals surface area contributed by atoms with Gasteiger partial charge in [-0.1, -0.05) is 18.2 Å². The molecule has 1 aliphatic rings. The molecular weight excluding hydrogens is 404 g/mol. The molecule has 1 fully saturated rings. The van der Waals surface area contributed by atoms with Crippen molar-refractivity contribution < 1.29 is 0 Å². The van der Waals surface area contributed by atoms with Crippen LogP contribution in [0.25, 0.3) is 22.1 Å². The highest BCUT2D eigenvalue weighted by atomic mass is 16.2. The van der Waals surface area contributed by atoms with Gasteiger partial charge in [0, 0.05) is 37.7 Å². The summed E-state index contributed by atoms with van der Waals surface area (Å²) in [5.74, 6) is 0.601. The maximum absolute atomic E-state index is 12.6. The molecule has 0 bridgehead atoms. The number of fused-ring (bicyclic) bond motifs is 2. The van der Waals surface area contributed by atoms with Crippen molar-refractivity contribution in [2.24, 2.45) is 14.1 Å². The molecule has 0 radical (unpaired) electrons. The molecule has 1 N–H and O–H groups in total. The number of piperidine rings is 1. The minimum absolute atomic E-state index is 0.282. The molecule has 3 aromatic heterocycles. The van der Waals surface area contributed by atoms with Crippen LogP contribution in [0.4, 0.5) is 0 Å². The van der Waals surface area contributed by atoms with Crippen LogP contribution in [0.15, 0.2) is 40.3 Å². The number of aromatic nitrogens is 5. The fraction of sp³-hybridized carbons (Fsp3) is 0.458. The van der Waals surface area contributed by atoms with E-state index in [1.165, 1.54) is 33.6 Å². The Balaban J connectivity index is 1.21. The molecule has 1 aliphatic heterocycles. The lowest BCUT2D eigenvalue weighted by molar-refractivity contribution is 0.208. The second-order valence-corrected chi connectivity index (χ2v) is 9.03. The lowest BCUT2D eigenvalue weighted by Crippen LogP contribution is -2.37. The Labute approximate surface area is 186 Å². The maximum Gasteiger partial charge on any atom is 0.332 e. The smallest absolute Gasteiger partial charge is 0.332 e. The van der Waals surface area contributed by atoms with Gasteiger partial charge in [-0.25, -0.2) is 9.78 Å². The summed E-state index contributed by atoms with van der Waals surface area (Å²) in [6.07, 6.45) is 7.15. The zero-order chi connectivity index (χ0) is 22.4. The van der Waals surface area contributed by atoms with Crippen molar-refractivity contribution in [3.63, 3.8) is 0 Å². The Bertz CT molecular complexity index is 1400. The summed E-state index contributed by atoms with van der Waals surface area (Å²) in [5.41, 5.74) is 4.34. The van der Waals surface area contributed by atoms with Crippen LogP contribution in [-0.4, -0.2) is 48.2 Å². The first-order valence-electron chi connectivity index (χ1n) is 11.4. The molecule has 4 aromatic rings. The number of rotatable bonds is 5. The summed E-state index contributed by atoms with van der Waals surface area (Å²) in [6.45, 7) is 6.04. The number of aromatic amines is 1. The Morgan fingerprint density at radius 1 is 1.09 bits per heavy atom. The summed E-state index contributed by atoms with van der Waals surface area (Å²) in [6, 6.07) is 6.54. The molecule has 8 nitrogen and oxygen atoms in total. The van der Waals surface area contributed by atoms with Crippen molar-refractivity contribution in [1.29, 1.82) is 0 Å². The maximum atomic E-state index is 12.6. The van der Waals surface area contributed by atoms with E-state index in [0.29, 0.717) is 23.6 Å². The number of nitrogens with zero attached hydrogens (tertiary/aromatic N) is 5. The summed E-state index contributed by atoms with van der Waals surface area (Å²) in [7, 11) is 3.17. The number of para-hydroxylation sites is 1. The Kier molecular flexibility index (Phi) is 5.25. The average Bonchev–Trinajstić information content (AvgIpc) is 3.42. The van der Waals surface area contributed by atoms with Gasteiger partial charge in [0.1, 0.15) is 0 Å². The summed E-state index contributed by atoms with van der Waals surface area (Å²) in [4.78, 5) is 35.0. The van der Waals surface area contributed by atoms with E-state index in [-0.39, 0.29) is 11.2 Å². The van der Waals surface area contributed by atoms with E-state index in [4.69, 9.17) is 0 Å². The minimum atomic E-state index is -0.346. The predicted molar refractivity (Wildman–Crippen MR) is 126 cm³/mol. The fourth-order valence-corrected chi connectivity index (χ4v) is 5.16. The first-order chi connectivity index (χ1) is 15.5. The molecule has 1 saturated heterocycles. The number of hydrogen-bond acceptors (Lipinski definition) is 4. The monoisotopic (exact) mass is 434 g/mol. The molecule has 4 heterocycles. The Hall–Kier alpha value is -3.13. The number of aryl methyl sites for hydroxylation is 3. The molecular formula is C24H30N6O2. The molecule has 0 unspecified atom stereocenters. The highest BCUT2D eigenvalue weighted by Gasteiger charge is 2.23. The molecule has 8 heteroatoms. The Morgan fingerprint density at radius 2 is 1.88 bits per heavy atom. The van der Waals surface area contributed by atoms with Gasteiger partial charge in [-0.2, -0.15) is 0 Å². The van der Waals surface area contributed by atoms with Crippen molar-refractivity contribution in [3.8, 4) is 0 Å². The number of likely N-dealkylation sites (tertiary alicyclic amines) is 1. The number of imidazole rings is 1. The van der Waals surface area contributed by atoms with Crippen LogP contribution in [0.1, 0.15) is 36.3 Å². The zero-order valence-electron chi connectivity index (χ0n) is 19.0. The first-order valence-corrected chi connectivity index (χ1v) is 11.4. The van der Waals surface area contributed by atoms with E-state index >= 15 is 0 Å². The summed E-state index contributed by atoms with van der Waals surface area (Å²) < 4.78 is 4.47. The van der Waals surface area contributed by atoms with E-state index in [0.717, 1.165) is 43.5 Å². The topological polar surface area (TPSA) is 80.8 Å². The van der Waals surface area contributed by atoms with Crippen LogP contribution in [0.5, 0.6) is 0 Å². The van der Waals surface area contributed by atoms with Crippen LogP contribution in [0.2, 0.25) is 0 Å². The zero-order valence-corrected chi connectivity index (χ0v) is 19.0. The van der Waals surface area contributed by atoms with Crippen LogP contribution in [-0.2, 0) is 20.6 Å². The lowest BCUT2D eigenvalue weighted by Gasteiger charge is -2.32. The fourth-order valence-electron chi connectivity index (χ4n) is 5.16. The van der Waals surface area contributed by atoms with E-state index in [1.807, 2.05) is 4.57 Å². The van der Waals surface area contributed by atoms with Gasteiger partial charge in [0.25, 0.3) is 5.56 Å². The van der Waals surface area contributed by atoms with Crippen molar-refractivity contribution in [2.45, 2.75) is 38.6 Å². The average molecular weight is 435 g/mol. The van der Waals surface area contributed by atoms with Crippen LogP contribution in [0, 0.1) is 6.92 Å². The van der Waals surface area contributed by atoms with E-state index in [2.05, 4.69) is 46.2 Å². The lowest BCUT2D eigenvalue weighted by atomic mass is 9.89. The molecule has 1 aromatic carbocycles. The van der Waals surface area contributed by atoms with Gasteiger partial charge in [0.05, 0.1) is 6.33 Å². The molecule has 0 atom stereocenters. The molecule has 168 valence electrons. The van der Waals surface area contributed by atoms with Gasteiger partial charge in [-0.15, -0.1) is 0 Å². The van der Waals surface area contributed by atoms with E-state index < -0.39 is 0 Å². The number of H-pyrrole nitrogens is 1. The quantitative estimate of drug-likeness (QED) is 0.523. The molecule has 0 saturated carbocycles. The van der Waals surface area contributed by atoms with Gasteiger partial charge in [0.15, 0.2) is 11.2 Å². The minimum Gasteiger partial charge on any atom is -0.361 e. The van der Waals surface area contributed by atoms with Gasteiger partial charge in [0.2, 0.25) is 0 Å². The summed E-state index contributed by atoms with van der Waals surface area (Å²) >= 11 is 0. The van der Waals surface area contributed by atoms with Crippen molar-refractivity contribution in [3.05, 3.63) is 62.7 Å². The van der Waals surface area contributed by atoms with Crippen molar-refractivity contribution in [2.75, 3.05) is 19.6 Å². The highest BCUT2D eigenvalue weighted by Crippen LogP contribution is 2.34. The van der Waals surface area contributed by atoms with E-state index in [1.54, 1.807) is 13.4 Å². The van der Waals surface area contributed by atoms with Gasteiger partial charge in [-0.3, -0.25) is 13.9 Å². The normalized spacial score (nSPS) is 15.8. The standard InChI is InChI=1S/C24H30N6O2/c1-16-6-4-7-18-19(14-25-20(16)18)17-8-12-29(13-9-17)10-5-11-30-15-26-22-21(30)23(31)28(3)24(32)27(22)2/h4,6-7,14-15,17,25H,5,8-13H2,1-3H3. The van der Waals surface area contributed by atoms with Crippen LogP contribution in [0.3, 0.4) is 0 Å². The van der Waals surface area contributed by atoms with Crippen LogP contribution < -0.4 is 11.2 Å². The molecule has 5 rings (SSSR count). The molecule has 0 aliphatic carbocycles. The molecule has 0 amide bonds.